The van der Waals surface area contributed by atoms with Crippen LogP contribution in [0.1, 0.15) is 21.5 Å². The molecular formula is C21H16Cl2N2O3. The Morgan fingerprint density at radius 3 is 2.36 bits per heavy atom. The van der Waals surface area contributed by atoms with Crippen LogP contribution in [0.2, 0.25) is 10.0 Å². The number of nitrogens with zero attached hydrogens (tertiary/aromatic N) is 1. The number of aromatic carboxylic acids is 1. The molecule has 0 radical (unpaired) electrons. The fourth-order valence-corrected chi connectivity index (χ4v) is 2.64. The van der Waals surface area contributed by atoms with E-state index in [0.29, 0.717) is 22.3 Å². The predicted molar refractivity (Wildman–Crippen MR) is 112 cm³/mol. The van der Waals surface area contributed by atoms with Crippen molar-refractivity contribution in [3.8, 4) is 5.75 Å². The molecule has 0 saturated heterocycles. The van der Waals surface area contributed by atoms with E-state index in [9.17, 15) is 4.79 Å². The van der Waals surface area contributed by atoms with Gasteiger partial charge in [0, 0.05) is 0 Å². The van der Waals surface area contributed by atoms with E-state index in [-0.39, 0.29) is 5.56 Å². The molecule has 142 valence electrons. The SMILES string of the molecule is O=C(O)c1ccc(N/N=C/c2ccc(OCc3ccc(Cl)c(Cl)c3)cc2)cc1. The zero-order valence-corrected chi connectivity index (χ0v) is 16.1. The van der Waals surface area contributed by atoms with E-state index >= 15 is 0 Å². The van der Waals surface area contributed by atoms with Crippen LogP contribution in [0.5, 0.6) is 5.75 Å². The maximum Gasteiger partial charge on any atom is 0.335 e. The third-order valence-electron chi connectivity index (χ3n) is 3.81. The Bertz CT molecular complexity index is 988. The van der Waals surface area contributed by atoms with E-state index in [1.807, 2.05) is 30.3 Å². The minimum Gasteiger partial charge on any atom is -0.489 e. The lowest BCUT2D eigenvalue weighted by Gasteiger charge is -2.07. The first kappa shape index (κ1) is 19.7. The lowest BCUT2D eigenvalue weighted by atomic mass is 10.2. The lowest BCUT2D eigenvalue weighted by molar-refractivity contribution is 0.0697. The molecule has 0 spiro atoms. The summed E-state index contributed by atoms with van der Waals surface area (Å²) in [5, 5.41) is 14.0. The summed E-state index contributed by atoms with van der Waals surface area (Å²) in [5.74, 6) is -0.239. The maximum atomic E-state index is 10.8. The fourth-order valence-electron chi connectivity index (χ4n) is 2.31. The molecule has 0 aromatic heterocycles. The van der Waals surface area contributed by atoms with Crippen LogP contribution in [0.3, 0.4) is 0 Å². The summed E-state index contributed by atoms with van der Waals surface area (Å²) in [6.45, 7) is 0.387. The number of benzene rings is 3. The van der Waals surface area contributed by atoms with Crippen molar-refractivity contribution in [3.63, 3.8) is 0 Å². The smallest absolute Gasteiger partial charge is 0.335 e. The molecule has 0 bridgehead atoms. The number of anilines is 1. The van der Waals surface area contributed by atoms with E-state index in [1.54, 1.807) is 30.5 Å². The van der Waals surface area contributed by atoms with Gasteiger partial charge in [-0.25, -0.2) is 4.79 Å². The monoisotopic (exact) mass is 414 g/mol. The predicted octanol–water partition coefficient (Wildman–Crippen LogP) is 5.72. The first-order chi connectivity index (χ1) is 13.5. The number of carbonyl (C=O) groups is 1. The molecule has 0 aliphatic heterocycles. The van der Waals surface area contributed by atoms with Gasteiger partial charge in [0.2, 0.25) is 0 Å². The van der Waals surface area contributed by atoms with Crippen LogP contribution in [0.4, 0.5) is 5.69 Å². The first-order valence-corrected chi connectivity index (χ1v) is 9.06. The molecule has 0 atom stereocenters. The van der Waals surface area contributed by atoms with E-state index in [0.717, 1.165) is 16.9 Å². The molecule has 0 amide bonds. The highest BCUT2D eigenvalue weighted by Crippen LogP contribution is 2.23. The molecule has 0 saturated carbocycles. The highest BCUT2D eigenvalue weighted by molar-refractivity contribution is 6.42. The molecule has 0 aliphatic rings. The molecule has 0 fully saturated rings. The molecule has 3 aromatic carbocycles. The highest BCUT2D eigenvalue weighted by Gasteiger charge is 2.02. The third kappa shape index (κ3) is 5.49. The Labute approximate surface area is 172 Å². The van der Waals surface area contributed by atoms with Crippen molar-refractivity contribution in [3.05, 3.63) is 93.5 Å². The average molecular weight is 415 g/mol. The summed E-state index contributed by atoms with van der Waals surface area (Å²) in [6.07, 6.45) is 1.66. The average Bonchev–Trinajstić information content (AvgIpc) is 2.70. The topological polar surface area (TPSA) is 70.9 Å². The minimum atomic E-state index is -0.962. The van der Waals surface area contributed by atoms with Crippen molar-refractivity contribution < 1.29 is 14.6 Å². The van der Waals surface area contributed by atoms with Gasteiger partial charge in [-0.3, -0.25) is 5.43 Å². The number of rotatable bonds is 7. The van der Waals surface area contributed by atoms with E-state index in [2.05, 4.69) is 10.5 Å². The van der Waals surface area contributed by atoms with Gasteiger partial charge < -0.3 is 9.84 Å². The molecule has 0 heterocycles. The van der Waals surface area contributed by atoms with Crippen LogP contribution in [-0.2, 0) is 6.61 Å². The Morgan fingerprint density at radius 1 is 1.00 bits per heavy atom. The van der Waals surface area contributed by atoms with Gasteiger partial charge in [-0.05, 0) is 71.8 Å². The molecule has 3 aromatic rings. The second-order valence-corrected chi connectivity index (χ2v) is 6.67. The van der Waals surface area contributed by atoms with Gasteiger partial charge in [-0.2, -0.15) is 5.10 Å². The summed E-state index contributed by atoms with van der Waals surface area (Å²) in [7, 11) is 0. The van der Waals surface area contributed by atoms with Gasteiger partial charge in [0.25, 0.3) is 0 Å². The zero-order valence-electron chi connectivity index (χ0n) is 14.6. The van der Waals surface area contributed by atoms with Crippen LogP contribution in [-0.4, -0.2) is 17.3 Å². The summed E-state index contributed by atoms with van der Waals surface area (Å²) < 4.78 is 5.74. The van der Waals surface area contributed by atoms with Crippen molar-refractivity contribution in [2.45, 2.75) is 6.61 Å². The van der Waals surface area contributed by atoms with Crippen molar-refractivity contribution in [1.82, 2.24) is 0 Å². The minimum absolute atomic E-state index is 0.228. The number of hydrogen-bond donors (Lipinski definition) is 2. The molecule has 0 unspecified atom stereocenters. The molecule has 3 rings (SSSR count). The zero-order chi connectivity index (χ0) is 19.9. The van der Waals surface area contributed by atoms with E-state index in [4.69, 9.17) is 33.0 Å². The second kappa shape index (κ2) is 9.26. The second-order valence-electron chi connectivity index (χ2n) is 5.86. The molecule has 0 aliphatic carbocycles. The number of halogens is 2. The number of hydrogen-bond acceptors (Lipinski definition) is 4. The maximum absolute atomic E-state index is 10.8. The fraction of sp³-hybridized carbons (Fsp3) is 0.0476. The number of nitrogens with one attached hydrogen (secondary N) is 1. The molecule has 7 heteroatoms. The van der Waals surface area contributed by atoms with Crippen LogP contribution >= 0.6 is 23.2 Å². The van der Waals surface area contributed by atoms with Gasteiger partial charge in [0.05, 0.1) is 27.5 Å². The van der Waals surface area contributed by atoms with Gasteiger partial charge in [-0.1, -0.05) is 29.3 Å². The molecular weight excluding hydrogens is 399 g/mol. The summed E-state index contributed by atoms with van der Waals surface area (Å²) in [4.78, 5) is 10.8. The standard InChI is InChI=1S/C21H16Cl2N2O3/c22-19-10-3-15(11-20(19)23)13-28-18-8-1-14(2-9-18)12-24-25-17-6-4-16(5-7-17)21(26)27/h1-12,25H,13H2,(H,26,27)/b24-12+. The quantitative estimate of drug-likeness (QED) is 0.383. The normalized spacial score (nSPS) is 10.8. The van der Waals surface area contributed by atoms with Crippen molar-refractivity contribution >= 4 is 41.1 Å². The van der Waals surface area contributed by atoms with Gasteiger partial charge in [0.15, 0.2) is 0 Å². The summed E-state index contributed by atoms with van der Waals surface area (Å²) in [5.41, 5.74) is 5.59. The molecule has 2 N–H and O–H groups in total. The van der Waals surface area contributed by atoms with Crippen LogP contribution in [0, 0.1) is 0 Å². The Kier molecular flexibility index (Phi) is 6.53. The Morgan fingerprint density at radius 2 is 1.71 bits per heavy atom. The van der Waals surface area contributed by atoms with Crippen LogP contribution < -0.4 is 10.2 Å². The van der Waals surface area contributed by atoms with Crippen molar-refractivity contribution in [1.29, 1.82) is 0 Å². The number of ether oxygens (including phenoxy) is 1. The summed E-state index contributed by atoms with van der Waals surface area (Å²) in [6, 6.07) is 19.2. The third-order valence-corrected chi connectivity index (χ3v) is 4.55. The van der Waals surface area contributed by atoms with Crippen molar-refractivity contribution in [2.75, 3.05) is 5.43 Å². The number of carboxylic acids is 1. The van der Waals surface area contributed by atoms with E-state index in [1.165, 1.54) is 12.1 Å². The summed E-state index contributed by atoms with van der Waals surface area (Å²) >= 11 is 11.9. The largest absolute Gasteiger partial charge is 0.489 e. The van der Waals surface area contributed by atoms with Gasteiger partial charge >= 0.3 is 5.97 Å². The highest BCUT2D eigenvalue weighted by atomic mass is 35.5. The Balaban J connectivity index is 1.52. The lowest BCUT2D eigenvalue weighted by Crippen LogP contribution is -1.97. The Hall–Kier alpha value is -3.02. The number of carboxylic acid groups (broad SMARTS) is 1. The van der Waals surface area contributed by atoms with E-state index < -0.39 is 5.97 Å². The van der Waals surface area contributed by atoms with Crippen molar-refractivity contribution in [2.24, 2.45) is 5.10 Å². The molecule has 28 heavy (non-hydrogen) atoms. The molecule has 5 nitrogen and oxygen atoms in total. The van der Waals surface area contributed by atoms with Gasteiger partial charge in [-0.15, -0.1) is 0 Å². The first-order valence-electron chi connectivity index (χ1n) is 8.30. The van der Waals surface area contributed by atoms with Crippen LogP contribution in [0.25, 0.3) is 0 Å². The van der Waals surface area contributed by atoms with Crippen LogP contribution in [0.15, 0.2) is 71.8 Å². The van der Waals surface area contributed by atoms with Gasteiger partial charge in [0.1, 0.15) is 12.4 Å². The number of hydrazone groups is 1.